The van der Waals surface area contributed by atoms with Crippen molar-refractivity contribution in [2.24, 2.45) is 0 Å². The van der Waals surface area contributed by atoms with Crippen LogP contribution in [0.2, 0.25) is 0 Å². The molecule has 3 rings (SSSR count). The number of ether oxygens (including phenoxy) is 1. The summed E-state index contributed by atoms with van der Waals surface area (Å²) in [7, 11) is 0. The van der Waals surface area contributed by atoms with Gasteiger partial charge < -0.3 is 4.74 Å². The van der Waals surface area contributed by atoms with Crippen LogP contribution < -0.4 is 0 Å². The summed E-state index contributed by atoms with van der Waals surface area (Å²) in [6.45, 7) is 1.68. The van der Waals surface area contributed by atoms with E-state index in [1.54, 1.807) is 13.0 Å². The maximum absolute atomic E-state index is 14.3. The Morgan fingerprint density at radius 1 is 1.19 bits per heavy atom. The molecule has 138 valence electrons. The number of fused-ring (bicyclic) bond motifs is 1. The van der Waals surface area contributed by atoms with Gasteiger partial charge in [0.1, 0.15) is 5.82 Å². The van der Waals surface area contributed by atoms with Crippen LogP contribution in [0, 0.1) is 5.82 Å². The Bertz CT molecular complexity index is 848. The van der Waals surface area contributed by atoms with E-state index in [2.05, 4.69) is 15.9 Å². The molecule has 2 nitrogen and oxygen atoms in total. The minimum absolute atomic E-state index is 0.0801. The minimum Gasteiger partial charge on any atom is -0.462 e. The molecule has 0 aliphatic heterocycles. The zero-order chi connectivity index (χ0) is 19.1. The van der Waals surface area contributed by atoms with Crippen LogP contribution in [0.3, 0.4) is 0 Å². The van der Waals surface area contributed by atoms with Crippen LogP contribution in [0.4, 0.5) is 17.6 Å². The number of hydrogen-bond donors (Lipinski definition) is 0. The highest BCUT2D eigenvalue weighted by Crippen LogP contribution is 2.51. The molecule has 2 atom stereocenters. The predicted molar refractivity (Wildman–Crippen MR) is 91.9 cm³/mol. The van der Waals surface area contributed by atoms with Crippen LogP contribution in [0.15, 0.2) is 36.4 Å². The first kappa shape index (κ1) is 18.9. The largest absolute Gasteiger partial charge is 0.462 e. The molecule has 7 heteroatoms. The Balaban J connectivity index is 2.13. The molecule has 0 heterocycles. The number of benzene rings is 2. The van der Waals surface area contributed by atoms with Crippen LogP contribution in [0.5, 0.6) is 0 Å². The van der Waals surface area contributed by atoms with E-state index < -0.39 is 29.4 Å². The second kappa shape index (κ2) is 7.02. The highest BCUT2D eigenvalue weighted by Gasteiger charge is 2.39. The van der Waals surface area contributed by atoms with E-state index in [1.165, 1.54) is 24.3 Å². The number of halogens is 5. The molecule has 26 heavy (non-hydrogen) atoms. The molecule has 2 aromatic carbocycles. The first-order valence-corrected chi connectivity index (χ1v) is 8.96. The van der Waals surface area contributed by atoms with Gasteiger partial charge in [-0.15, -0.1) is 0 Å². The fourth-order valence-electron chi connectivity index (χ4n) is 3.36. The fourth-order valence-corrected chi connectivity index (χ4v) is 4.13. The summed E-state index contributed by atoms with van der Waals surface area (Å²) >= 11 is 3.41. The third kappa shape index (κ3) is 3.37. The molecular weight excluding hydrogens is 416 g/mol. The Labute approximate surface area is 156 Å². The molecule has 0 spiro atoms. The highest BCUT2D eigenvalue weighted by atomic mass is 79.9. The van der Waals surface area contributed by atoms with Gasteiger partial charge >= 0.3 is 12.1 Å². The van der Waals surface area contributed by atoms with Crippen molar-refractivity contribution in [3.05, 3.63) is 70.0 Å². The molecule has 1 aliphatic carbocycles. The maximum Gasteiger partial charge on any atom is 0.416 e. The lowest BCUT2D eigenvalue weighted by Gasteiger charge is -2.19. The van der Waals surface area contributed by atoms with Gasteiger partial charge in [-0.25, -0.2) is 9.18 Å². The number of hydrogen-bond acceptors (Lipinski definition) is 2. The summed E-state index contributed by atoms with van der Waals surface area (Å²) in [6.07, 6.45) is -4.15. The topological polar surface area (TPSA) is 26.3 Å². The van der Waals surface area contributed by atoms with Gasteiger partial charge in [0.2, 0.25) is 0 Å². The summed E-state index contributed by atoms with van der Waals surface area (Å²) in [5.41, 5.74) is 0.191. The van der Waals surface area contributed by atoms with Crippen molar-refractivity contribution in [1.29, 1.82) is 0 Å². The Morgan fingerprint density at radius 2 is 1.88 bits per heavy atom. The molecule has 0 fully saturated rings. The van der Waals surface area contributed by atoms with Crippen molar-refractivity contribution in [3.63, 3.8) is 0 Å². The summed E-state index contributed by atoms with van der Waals surface area (Å²) in [4.78, 5) is 11.7. The number of rotatable bonds is 3. The highest BCUT2D eigenvalue weighted by molar-refractivity contribution is 9.09. The van der Waals surface area contributed by atoms with Crippen molar-refractivity contribution in [1.82, 2.24) is 0 Å². The standard InChI is InChI=1S/C19H15BrF4O2/c1-2-26-18(25)14-7-11-12(8-16(20)13(11)9-17(14)21)10-5-3-4-6-15(10)19(22,23)24/h3-7,9,12,16H,2,8H2,1H3. The quantitative estimate of drug-likeness (QED) is 0.339. The normalized spacial score (nSPS) is 19.3. The van der Waals surface area contributed by atoms with E-state index in [9.17, 15) is 22.4 Å². The van der Waals surface area contributed by atoms with Gasteiger partial charge in [0.25, 0.3) is 0 Å². The van der Waals surface area contributed by atoms with Crippen LogP contribution in [-0.4, -0.2) is 12.6 Å². The fraction of sp³-hybridized carbons (Fsp3) is 0.316. The number of carbonyl (C=O) groups excluding carboxylic acids is 1. The Kier molecular flexibility index (Phi) is 5.10. The zero-order valence-corrected chi connectivity index (χ0v) is 15.3. The van der Waals surface area contributed by atoms with Crippen molar-refractivity contribution in [2.45, 2.75) is 30.3 Å². The molecular formula is C19H15BrF4O2. The second-order valence-electron chi connectivity index (χ2n) is 6.02. The second-order valence-corrected chi connectivity index (χ2v) is 7.13. The lowest BCUT2D eigenvalue weighted by molar-refractivity contribution is -0.138. The molecule has 0 amide bonds. The van der Waals surface area contributed by atoms with E-state index in [0.717, 1.165) is 6.07 Å². The molecule has 2 unspecified atom stereocenters. The summed E-state index contributed by atoms with van der Waals surface area (Å²) in [5.74, 6) is -2.16. The van der Waals surface area contributed by atoms with Crippen molar-refractivity contribution in [2.75, 3.05) is 6.61 Å². The van der Waals surface area contributed by atoms with Gasteiger partial charge in [-0.3, -0.25) is 0 Å². The molecule has 0 saturated heterocycles. The molecule has 0 radical (unpaired) electrons. The Hall–Kier alpha value is -1.89. The van der Waals surface area contributed by atoms with Crippen molar-refractivity contribution < 1.29 is 27.1 Å². The third-order valence-electron chi connectivity index (χ3n) is 4.47. The van der Waals surface area contributed by atoms with Gasteiger partial charge in [-0.05, 0) is 48.2 Å². The van der Waals surface area contributed by atoms with E-state index in [4.69, 9.17) is 4.74 Å². The average molecular weight is 431 g/mol. The smallest absolute Gasteiger partial charge is 0.416 e. The van der Waals surface area contributed by atoms with E-state index in [0.29, 0.717) is 17.5 Å². The number of alkyl halides is 4. The van der Waals surface area contributed by atoms with Crippen LogP contribution in [0.1, 0.15) is 56.7 Å². The lowest BCUT2D eigenvalue weighted by atomic mass is 9.88. The SMILES string of the molecule is CCOC(=O)c1cc2c(cc1F)C(Br)CC2c1ccccc1C(F)(F)F. The van der Waals surface area contributed by atoms with Crippen molar-refractivity contribution >= 4 is 21.9 Å². The molecule has 0 bridgehead atoms. The lowest BCUT2D eigenvalue weighted by Crippen LogP contribution is -2.13. The average Bonchev–Trinajstić information content (AvgIpc) is 2.89. The molecule has 0 aromatic heterocycles. The van der Waals surface area contributed by atoms with Gasteiger partial charge in [0.05, 0.1) is 17.7 Å². The zero-order valence-electron chi connectivity index (χ0n) is 13.7. The summed E-state index contributed by atoms with van der Waals surface area (Å²) < 4.78 is 59.3. The molecule has 2 aromatic rings. The minimum atomic E-state index is -4.49. The van der Waals surface area contributed by atoms with Crippen LogP contribution in [0.25, 0.3) is 0 Å². The monoisotopic (exact) mass is 430 g/mol. The molecule has 1 aliphatic rings. The predicted octanol–water partition coefficient (Wildman–Crippen LogP) is 5.99. The maximum atomic E-state index is 14.3. The van der Waals surface area contributed by atoms with Gasteiger partial charge in [-0.2, -0.15) is 13.2 Å². The third-order valence-corrected chi connectivity index (χ3v) is 5.33. The van der Waals surface area contributed by atoms with Gasteiger partial charge in [-0.1, -0.05) is 34.1 Å². The summed E-state index contributed by atoms with van der Waals surface area (Å²) in [5, 5.41) is 0. The van der Waals surface area contributed by atoms with Crippen LogP contribution in [-0.2, 0) is 10.9 Å². The first-order chi connectivity index (χ1) is 12.2. The van der Waals surface area contributed by atoms with Gasteiger partial charge in [0.15, 0.2) is 0 Å². The number of esters is 1. The molecule has 0 N–H and O–H groups in total. The van der Waals surface area contributed by atoms with Gasteiger partial charge in [0, 0.05) is 10.7 Å². The molecule has 0 saturated carbocycles. The van der Waals surface area contributed by atoms with E-state index in [1.807, 2.05) is 0 Å². The first-order valence-electron chi connectivity index (χ1n) is 8.04. The Morgan fingerprint density at radius 3 is 2.54 bits per heavy atom. The van der Waals surface area contributed by atoms with Crippen LogP contribution >= 0.6 is 15.9 Å². The van der Waals surface area contributed by atoms with Crippen molar-refractivity contribution in [3.8, 4) is 0 Å². The summed E-state index contributed by atoms with van der Waals surface area (Å²) in [6, 6.07) is 7.87. The van der Waals surface area contributed by atoms with E-state index in [-0.39, 0.29) is 22.6 Å². The van der Waals surface area contributed by atoms with E-state index >= 15 is 0 Å². The number of carbonyl (C=O) groups is 1.